The van der Waals surface area contributed by atoms with Crippen molar-refractivity contribution in [1.29, 1.82) is 0 Å². The highest BCUT2D eigenvalue weighted by Crippen LogP contribution is 2.00. The number of halogens is 1. The highest BCUT2D eigenvalue weighted by atomic mass is 35.5. The largest absolute Gasteiger partial charge is 0.304 e. The van der Waals surface area contributed by atoms with Gasteiger partial charge in [0, 0.05) is 24.3 Å². The molecule has 0 aliphatic rings. The summed E-state index contributed by atoms with van der Waals surface area (Å²) >= 11 is 5.88. The molecule has 1 heterocycles. The van der Waals surface area contributed by atoms with Crippen LogP contribution in [-0.4, -0.2) is 40.2 Å². The minimum absolute atomic E-state index is 0.266. The Kier molecular flexibility index (Phi) is 4.98. The molecule has 0 aliphatic carbocycles. The molecule has 3 nitrogen and oxygen atoms in total. The van der Waals surface area contributed by atoms with Crippen molar-refractivity contribution in [1.82, 2.24) is 14.7 Å². The zero-order valence-corrected chi connectivity index (χ0v) is 9.61. The summed E-state index contributed by atoms with van der Waals surface area (Å²) in [6.45, 7) is 5.04. The minimum Gasteiger partial charge on any atom is -0.304 e. The number of likely N-dealkylation sites (N-methyl/N-ethyl adjacent to an activating group) is 1. The fourth-order valence-electron chi connectivity index (χ4n) is 1.22. The Morgan fingerprint density at radius 1 is 1.50 bits per heavy atom. The van der Waals surface area contributed by atoms with Gasteiger partial charge in [0.2, 0.25) is 0 Å². The quantitative estimate of drug-likeness (QED) is 0.676. The second-order valence-corrected chi connectivity index (χ2v) is 4.39. The molecule has 0 spiro atoms. The Morgan fingerprint density at radius 2 is 2.29 bits per heavy atom. The summed E-state index contributed by atoms with van der Waals surface area (Å²) in [7, 11) is 2.11. The molecule has 4 heteroatoms. The Morgan fingerprint density at radius 3 is 2.86 bits per heavy atom. The summed E-state index contributed by atoms with van der Waals surface area (Å²) in [5.41, 5.74) is 0. The summed E-state index contributed by atoms with van der Waals surface area (Å²) in [6, 6.07) is 1.95. The molecule has 0 aromatic carbocycles. The van der Waals surface area contributed by atoms with Gasteiger partial charge >= 0.3 is 0 Å². The molecule has 1 atom stereocenters. The molecular formula is C10H18ClN3. The fraction of sp³-hybridized carbons (Fsp3) is 0.700. The first kappa shape index (κ1) is 11.5. The molecule has 14 heavy (non-hydrogen) atoms. The van der Waals surface area contributed by atoms with Crippen molar-refractivity contribution in [3.63, 3.8) is 0 Å². The minimum atomic E-state index is 0.266. The molecule has 1 rings (SSSR count). The topological polar surface area (TPSA) is 21.1 Å². The zero-order valence-electron chi connectivity index (χ0n) is 8.86. The van der Waals surface area contributed by atoms with Gasteiger partial charge in [-0.05, 0) is 33.0 Å². The second-order valence-electron chi connectivity index (χ2n) is 3.64. The van der Waals surface area contributed by atoms with E-state index in [1.54, 1.807) is 6.20 Å². The molecule has 0 saturated heterocycles. The maximum absolute atomic E-state index is 5.88. The maximum atomic E-state index is 5.88. The molecule has 1 aromatic rings. The van der Waals surface area contributed by atoms with Crippen LogP contribution in [0.2, 0.25) is 0 Å². The van der Waals surface area contributed by atoms with Crippen LogP contribution in [0, 0.1) is 0 Å². The van der Waals surface area contributed by atoms with Gasteiger partial charge in [-0.15, -0.1) is 11.6 Å². The van der Waals surface area contributed by atoms with E-state index in [4.69, 9.17) is 11.6 Å². The Hall–Kier alpha value is -0.540. The molecule has 0 bridgehead atoms. The average molecular weight is 216 g/mol. The van der Waals surface area contributed by atoms with Crippen LogP contribution in [0.3, 0.4) is 0 Å². The summed E-state index contributed by atoms with van der Waals surface area (Å²) in [6.07, 6.45) is 4.83. The van der Waals surface area contributed by atoms with Crippen molar-refractivity contribution in [3.05, 3.63) is 18.5 Å². The van der Waals surface area contributed by atoms with Gasteiger partial charge in [0.1, 0.15) is 0 Å². The summed E-state index contributed by atoms with van der Waals surface area (Å²) in [4.78, 5) is 2.28. The average Bonchev–Trinajstić information content (AvgIpc) is 2.63. The van der Waals surface area contributed by atoms with E-state index in [1.807, 2.05) is 23.9 Å². The van der Waals surface area contributed by atoms with Crippen molar-refractivity contribution < 1.29 is 0 Å². The predicted molar refractivity (Wildman–Crippen MR) is 59.7 cm³/mol. The third kappa shape index (κ3) is 4.63. The van der Waals surface area contributed by atoms with E-state index in [0.29, 0.717) is 0 Å². The number of hydrogen-bond donors (Lipinski definition) is 0. The van der Waals surface area contributed by atoms with Crippen molar-refractivity contribution in [2.45, 2.75) is 25.3 Å². The van der Waals surface area contributed by atoms with Gasteiger partial charge in [-0.1, -0.05) is 0 Å². The van der Waals surface area contributed by atoms with Gasteiger partial charge in [-0.25, -0.2) is 0 Å². The SMILES string of the molecule is CC(Cl)CCN(C)CCn1cccn1. The van der Waals surface area contributed by atoms with Gasteiger partial charge < -0.3 is 4.90 Å². The Balaban J connectivity index is 2.12. The third-order valence-electron chi connectivity index (χ3n) is 2.18. The summed E-state index contributed by atoms with van der Waals surface area (Å²) in [5.74, 6) is 0. The van der Waals surface area contributed by atoms with Crippen LogP contribution in [0.25, 0.3) is 0 Å². The van der Waals surface area contributed by atoms with Gasteiger partial charge in [0.05, 0.1) is 6.54 Å². The fourth-order valence-corrected chi connectivity index (χ4v) is 1.31. The van der Waals surface area contributed by atoms with Crippen molar-refractivity contribution in [2.24, 2.45) is 0 Å². The van der Waals surface area contributed by atoms with Crippen molar-refractivity contribution in [2.75, 3.05) is 20.1 Å². The van der Waals surface area contributed by atoms with Crippen molar-refractivity contribution in [3.8, 4) is 0 Å². The number of hydrogen-bond acceptors (Lipinski definition) is 2. The molecular weight excluding hydrogens is 198 g/mol. The molecule has 0 radical (unpaired) electrons. The lowest BCUT2D eigenvalue weighted by atomic mass is 10.3. The van der Waals surface area contributed by atoms with Crippen LogP contribution >= 0.6 is 11.6 Å². The van der Waals surface area contributed by atoms with E-state index in [0.717, 1.165) is 26.1 Å². The van der Waals surface area contributed by atoms with Gasteiger partial charge in [0.25, 0.3) is 0 Å². The molecule has 0 aliphatic heterocycles. The van der Waals surface area contributed by atoms with E-state index in [9.17, 15) is 0 Å². The first-order valence-corrected chi connectivity index (χ1v) is 5.42. The summed E-state index contributed by atoms with van der Waals surface area (Å²) in [5, 5.41) is 4.41. The molecule has 0 fully saturated rings. The predicted octanol–water partition coefficient (Wildman–Crippen LogP) is 1.83. The molecule has 0 saturated carbocycles. The smallest absolute Gasteiger partial charge is 0.0536 e. The number of nitrogens with zero attached hydrogens (tertiary/aromatic N) is 3. The van der Waals surface area contributed by atoms with E-state index in [-0.39, 0.29) is 5.38 Å². The second kappa shape index (κ2) is 6.04. The molecule has 80 valence electrons. The zero-order chi connectivity index (χ0) is 10.4. The van der Waals surface area contributed by atoms with Gasteiger partial charge in [-0.2, -0.15) is 5.10 Å². The van der Waals surface area contributed by atoms with Crippen LogP contribution in [0.1, 0.15) is 13.3 Å². The van der Waals surface area contributed by atoms with E-state index in [1.165, 1.54) is 0 Å². The molecule has 1 aromatic heterocycles. The highest BCUT2D eigenvalue weighted by Gasteiger charge is 2.01. The lowest BCUT2D eigenvalue weighted by Crippen LogP contribution is -2.25. The van der Waals surface area contributed by atoms with Crippen molar-refractivity contribution >= 4 is 11.6 Å². The monoisotopic (exact) mass is 215 g/mol. The third-order valence-corrected chi connectivity index (χ3v) is 2.40. The van der Waals surface area contributed by atoms with E-state index in [2.05, 4.69) is 17.0 Å². The molecule has 1 unspecified atom stereocenters. The van der Waals surface area contributed by atoms with Crippen LogP contribution in [-0.2, 0) is 6.54 Å². The van der Waals surface area contributed by atoms with Crippen LogP contribution in [0.4, 0.5) is 0 Å². The standard InChI is InChI=1S/C10H18ClN3/c1-10(11)4-7-13(2)8-9-14-6-3-5-12-14/h3,5-6,10H,4,7-9H2,1-2H3. The Labute approximate surface area is 90.7 Å². The molecule has 0 amide bonds. The van der Waals surface area contributed by atoms with E-state index < -0.39 is 0 Å². The summed E-state index contributed by atoms with van der Waals surface area (Å²) < 4.78 is 1.95. The maximum Gasteiger partial charge on any atom is 0.0536 e. The van der Waals surface area contributed by atoms with Crippen LogP contribution in [0.15, 0.2) is 18.5 Å². The van der Waals surface area contributed by atoms with E-state index >= 15 is 0 Å². The number of aromatic nitrogens is 2. The normalized spacial score (nSPS) is 13.4. The molecule has 0 N–H and O–H groups in total. The first-order valence-electron chi connectivity index (χ1n) is 4.98. The number of alkyl halides is 1. The van der Waals surface area contributed by atoms with Crippen LogP contribution in [0.5, 0.6) is 0 Å². The van der Waals surface area contributed by atoms with Crippen LogP contribution < -0.4 is 0 Å². The lowest BCUT2D eigenvalue weighted by Gasteiger charge is -2.16. The Bertz CT molecular complexity index is 234. The van der Waals surface area contributed by atoms with Gasteiger partial charge in [0.15, 0.2) is 0 Å². The first-order chi connectivity index (χ1) is 6.68. The lowest BCUT2D eigenvalue weighted by molar-refractivity contribution is 0.308. The highest BCUT2D eigenvalue weighted by molar-refractivity contribution is 6.20. The number of rotatable bonds is 6. The van der Waals surface area contributed by atoms with Gasteiger partial charge in [-0.3, -0.25) is 4.68 Å².